The van der Waals surface area contributed by atoms with E-state index in [0.29, 0.717) is 0 Å². The molecule has 0 saturated heterocycles. The number of para-hydroxylation sites is 1. The molecule has 0 aliphatic carbocycles. The maximum absolute atomic E-state index is 13.4. The van der Waals surface area contributed by atoms with Gasteiger partial charge in [-0.25, -0.2) is 9.18 Å². The predicted molar refractivity (Wildman–Crippen MR) is 55.2 cm³/mol. The monoisotopic (exact) mass is 243 g/mol. The minimum atomic E-state index is -1.13. The van der Waals surface area contributed by atoms with E-state index in [4.69, 9.17) is 4.74 Å². The number of hydrogen-bond donors (Lipinski definition) is 0. The lowest BCUT2D eigenvalue weighted by atomic mass is 10.3. The van der Waals surface area contributed by atoms with Crippen LogP contribution in [-0.4, -0.2) is 24.1 Å². The number of hydrogen-bond acceptors (Lipinski definition) is 5. The number of nitro groups is 1. The summed E-state index contributed by atoms with van der Waals surface area (Å²) >= 11 is 0. The van der Waals surface area contributed by atoms with Crippen LogP contribution in [0.4, 0.5) is 10.1 Å². The highest BCUT2D eigenvalue weighted by Crippen LogP contribution is 2.30. The molecule has 0 fully saturated rings. The summed E-state index contributed by atoms with van der Waals surface area (Å²) in [6.45, 7) is 1.31. The Balaban J connectivity index is 3.05. The second kappa shape index (κ2) is 5.24. The fourth-order valence-corrected chi connectivity index (χ4v) is 1.15. The third-order valence-corrected chi connectivity index (χ3v) is 1.97. The minimum absolute atomic E-state index is 0.541. The molecule has 1 atom stereocenters. The van der Waals surface area contributed by atoms with Crippen LogP contribution in [0, 0.1) is 15.9 Å². The Kier molecular flexibility index (Phi) is 3.97. The normalized spacial score (nSPS) is 11.7. The third kappa shape index (κ3) is 2.90. The van der Waals surface area contributed by atoms with Crippen molar-refractivity contribution in [3.8, 4) is 5.75 Å². The lowest BCUT2D eigenvalue weighted by molar-refractivity contribution is -0.386. The van der Waals surface area contributed by atoms with Gasteiger partial charge in [0.05, 0.1) is 12.0 Å². The van der Waals surface area contributed by atoms with Crippen molar-refractivity contribution in [2.75, 3.05) is 7.11 Å². The summed E-state index contributed by atoms with van der Waals surface area (Å²) in [6, 6.07) is 3.28. The van der Waals surface area contributed by atoms with Gasteiger partial charge in [-0.3, -0.25) is 10.1 Å². The molecule has 0 aliphatic rings. The topological polar surface area (TPSA) is 78.7 Å². The first-order valence-corrected chi connectivity index (χ1v) is 4.64. The summed E-state index contributed by atoms with van der Waals surface area (Å²) in [6.07, 6.45) is -1.13. The van der Waals surface area contributed by atoms with Crippen LogP contribution in [0.15, 0.2) is 18.2 Å². The zero-order chi connectivity index (χ0) is 13.0. The van der Waals surface area contributed by atoms with Crippen molar-refractivity contribution < 1.29 is 23.6 Å². The zero-order valence-corrected chi connectivity index (χ0v) is 9.18. The maximum atomic E-state index is 13.4. The van der Waals surface area contributed by atoms with Crippen molar-refractivity contribution in [1.29, 1.82) is 0 Å². The molecule has 0 aliphatic heterocycles. The van der Waals surface area contributed by atoms with Gasteiger partial charge < -0.3 is 9.47 Å². The Morgan fingerprint density at radius 1 is 1.53 bits per heavy atom. The van der Waals surface area contributed by atoms with Crippen LogP contribution in [0.3, 0.4) is 0 Å². The highest BCUT2D eigenvalue weighted by molar-refractivity contribution is 5.74. The maximum Gasteiger partial charge on any atom is 0.346 e. The molecular formula is C10H10FNO5. The number of carbonyl (C=O) groups is 1. The Hall–Kier alpha value is -2.18. The molecule has 0 spiro atoms. The second-order valence-corrected chi connectivity index (χ2v) is 3.13. The van der Waals surface area contributed by atoms with Gasteiger partial charge in [-0.15, -0.1) is 0 Å². The predicted octanol–water partition coefficient (Wildman–Crippen LogP) is 1.67. The molecule has 0 aromatic heterocycles. The van der Waals surface area contributed by atoms with Crippen molar-refractivity contribution in [3.63, 3.8) is 0 Å². The first-order valence-electron chi connectivity index (χ1n) is 4.64. The van der Waals surface area contributed by atoms with Crippen LogP contribution in [0.2, 0.25) is 0 Å². The van der Waals surface area contributed by atoms with Gasteiger partial charge in [0, 0.05) is 6.07 Å². The van der Waals surface area contributed by atoms with Gasteiger partial charge in [0.1, 0.15) is 0 Å². The van der Waals surface area contributed by atoms with E-state index in [1.165, 1.54) is 13.0 Å². The zero-order valence-electron chi connectivity index (χ0n) is 9.18. The first-order chi connectivity index (χ1) is 7.97. The van der Waals surface area contributed by atoms with Crippen molar-refractivity contribution in [1.82, 2.24) is 0 Å². The van der Waals surface area contributed by atoms with Gasteiger partial charge in [-0.05, 0) is 13.0 Å². The standard InChI is InChI=1S/C10H10FNO5/c1-6(10(13)16-2)17-9-7(11)4-3-5-8(9)12(14)15/h3-6H,1-2H3. The Morgan fingerprint density at radius 2 is 2.18 bits per heavy atom. The molecule has 7 heteroatoms. The average Bonchev–Trinajstić information content (AvgIpc) is 2.30. The first kappa shape index (κ1) is 12.9. The molecule has 17 heavy (non-hydrogen) atoms. The second-order valence-electron chi connectivity index (χ2n) is 3.13. The summed E-state index contributed by atoms with van der Waals surface area (Å²) in [5.41, 5.74) is -0.541. The molecule has 1 aromatic carbocycles. The van der Waals surface area contributed by atoms with E-state index in [1.807, 2.05) is 0 Å². The molecule has 0 amide bonds. The van der Waals surface area contributed by atoms with Crippen LogP contribution in [0.1, 0.15) is 6.92 Å². The van der Waals surface area contributed by atoms with Gasteiger partial charge in [-0.1, -0.05) is 6.07 Å². The number of rotatable bonds is 4. The molecule has 1 aromatic rings. The van der Waals surface area contributed by atoms with E-state index in [1.54, 1.807) is 0 Å². The number of nitro benzene ring substituents is 1. The van der Waals surface area contributed by atoms with Gasteiger partial charge in [0.25, 0.3) is 0 Å². The molecule has 0 saturated carbocycles. The molecular weight excluding hydrogens is 233 g/mol. The fraction of sp³-hybridized carbons (Fsp3) is 0.300. The highest BCUT2D eigenvalue weighted by atomic mass is 19.1. The fourth-order valence-electron chi connectivity index (χ4n) is 1.15. The van der Waals surface area contributed by atoms with Crippen molar-refractivity contribution >= 4 is 11.7 Å². The van der Waals surface area contributed by atoms with Crippen LogP contribution >= 0.6 is 0 Å². The van der Waals surface area contributed by atoms with Crippen LogP contribution in [0.25, 0.3) is 0 Å². The Bertz CT molecular complexity index is 448. The van der Waals surface area contributed by atoms with E-state index in [2.05, 4.69) is 4.74 Å². The van der Waals surface area contributed by atoms with Gasteiger partial charge in [0.15, 0.2) is 11.9 Å². The quantitative estimate of drug-likeness (QED) is 0.456. The molecule has 0 radical (unpaired) electrons. The van der Waals surface area contributed by atoms with Crippen molar-refractivity contribution in [3.05, 3.63) is 34.1 Å². The van der Waals surface area contributed by atoms with Gasteiger partial charge in [0.2, 0.25) is 5.75 Å². The summed E-state index contributed by atoms with van der Waals surface area (Å²) in [5, 5.41) is 10.6. The molecule has 92 valence electrons. The minimum Gasteiger partial charge on any atom is -0.470 e. The molecule has 1 unspecified atom stereocenters. The van der Waals surface area contributed by atoms with Crippen LogP contribution < -0.4 is 4.74 Å². The SMILES string of the molecule is COC(=O)C(C)Oc1c(F)cccc1[N+](=O)[O-]. The van der Waals surface area contributed by atoms with Gasteiger partial charge >= 0.3 is 11.7 Å². The van der Waals surface area contributed by atoms with Crippen molar-refractivity contribution in [2.24, 2.45) is 0 Å². The number of methoxy groups -OCH3 is 1. The van der Waals surface area contributed by atoms with Crippen molar-refractivity contribution in [2.45, 2.75) is 13.0 Å². The van der Waals surface area contributed by atoms with E-state index in [9.17, 15) is 19.3 Å². The molecule has 6 nitrogen and oxygen atoms in total. The van der Waals surface area contributed by atoms with Crippen LogP contribution in [-0.2, 0) is 9.53 Å². The summed E-state index contributed by atoms with van der Waals surface area (Å²) in [5.74, 6) is -2.23. The van der Waals surface area contributed by atoms with E-state index < -0.39 is 34.3 Å². The number of carbonyl (C=O) groups excluding carboxylic acids is 1. The summed E-state index contributed by atoms with van der Waals surface area (Å²) in [7, 11) is 1.14. The molecule has 0 bridgehead atoms. The van der Waals surface area contributed by atoms with E-state index >= 15 is 0 Å². The molecule has 0 heterocycles. The highest BCUT2D eigenvalue weighted by Gasteiger charge is 2.24. The van der Waals surface area contributed by atoms with Crippen LogP contribution in [0.5, 0.6) is 5.75 Å². The number of esters is 1. The average molecular weight is 243 g/mol. The number of halogens is 1. The van der Waals surface area contributed by atoms with E-state index in [0.717, 1.165) is 19.2 Å². The van der Waals surface area contributed by atoms with Gasteiger partial charge in [-0.2, -0.15) is 0 Å². The summed E-state index contributed by atoms with van der Waals surface area (Å²) < 4.78 is 22.6. The number of nitrogens with zero attached hydrogens (tertiary/aromatic N) is 1. The Labute approximate surface area is 96.1 Å². The van der Waals surface area contributed by atoms with E-state index in [-0.39, 0.29) is 0 Å². The largest absolute Gasteiger partial charge is 0.470 e. The molecule has 0 N–H and O–H groups in total. The smallest absolute Gasteiger partial charge is 0.346 e. The molecule has 1 rings (SSSR count). The lowest BCUT2D eigenvalue weighted by Gasteiger charge is -2.12. The summed E-state index contributed by atoms with van der Waals surface area (Å²) in [4.78, 5) is 20.9. The number of ether oxygens (including phenoxy) is 2. The Morgan fingerprint density at radius 3 is 2.71 bits per heavy atom. The number of benzene rings is 1. The lowest BCUT2D eigenvalue weighted by Crippen LogP contribution is -2.25. The third-order valence-electron chi connectivity index (χ3n) is 1.97.